The van der Waals surface area contributed by atoms with Crippen molar-refractivity contribution in [1.29, 1.82) is 0 Å². The van der Waals surface area contributed by atoms with E-state index in [1.807, 2.05) is 37.3 Å². The van der Waals surface area contributed by atoms with Crippen LogP contribution in [0.25, 0.3) is 0 Å². The molecule has 0 aliphatic carbocycles. The average Bonchev–Trinajstić information content (AvgIpc) is 2.78. The quantitative estimate of drug-likeness (QED) is 0.451. The molecule has 0 unspecified atom stereocenters. The summed E-state index contributed by atoms with van der Waals surface area (Å²) in [4.78, 5) is 12.6. The molecule has 0 aliphatic heterocycles. The first-order valence-corrected chi connectivity index (χ1v) is 11.4. The molecule has 3 aromatic rings. The van der Waals surface area contributed by atoms with Crippen molar-refractivity contribution in [2.75, 3.05) is 25.1 Å². The van der Waals surface area contributed by atoms with Crippen LogP contribution in [0, 0.1) is 0 Å². The van der Waals surface area contributed by atoms with Crippen molar-refractivity contribution >= 4 is 21.6 Å². The van der Waals surface area contributed by atoms with E-state index in [9.17, 15) is 13.2 Å². The Labute approximate surface area is 187 Å². The van der Waals surface area contributed by atoms with Crippen LogP contribution in [0.4, 0.5) is 5.69 Å². The second kappa shape index (κ2) is 10.7. The van der Waals surface area contributed by atoms with E-state index in [2.05, 4.69) is 5.32 Å². The second-order valence-electron chi connectivity index (χ2n) is 6.63. The maximum Gasteiger partial charge on any atom is 0.255 e. The molecule has 0 saturated carbocycles. The van der Waals surface area contributed by atoms with E-state index in [0.29, 0.717) is 42.6 Å². The maximum atomic E-state index is 12.6. The number of primary sulfonamides is 1. The van der Waals surface area contributed by atoms with Crippen molar-refractivity contribution in [1.82, 2.24) is 0 Å². The van der Waals surface area contributed by atoms with Crippen LogP contribution in [0.5, 0.6) is 17.2 Å². The number of hydrogen-bond donors (Lipinski definition) is 2. The summed E-state index contributed by atoms with van der Waals surface area (Å²) in [7, 11) is -3.79. The van der Waals surface area contributed by atoms with Crippen LogP contribution in [0.2, 0.25) is 0 Å². The lowest BCUT2D eigenvalue weighted by molar-refractivity contribution is 0.102. The Balaban J connectivity index is 1.63. The number of ether oxygens (including phenoxy) is 3. The third kappa shape index (κ3) is 6.47. The van der Waals surface area contributed by atoms with Gasteiger partial charge in [0.1, 0.15) is 19.0 Å². The van der Waals surface area contributed by atoms with E-state index in [1.165, 1.54) is 24.3 Å². The summed E-state index contributed by atoms with van der Waals surface area (Å²) >= 11 is 0. The Kier molecular flexibility index (Phi) is 7.69. The number of para-hydroxylation sites is 1. The van der Waals surface area contributed by atoms with Crippen molar-refractivity contribution in [2.24, 2.45) is 5.14 Å². The number of rotatable bonds is 10. The van der Waals surface area contributed by atoms with Crippen LogP contribution < -0.4 is 24.7 Å². The third-order valence-corrected chi connectivity index (χ3v) is 5.23. The molecule has 1 amide bonds. The van der Waals surface area contributed by atoms with Gasteiger partial charge in [-0.25, -0.2) is 13.6 Å². The van der Waals surface area contributed by atoms with Crippen molar-refractivity contribution in [3.05, 3.63) is 78.4 Å². The number of sulfonamides is 1. The molecule has 0 atom stereocenters. The van der Waals surface area contributed by atoms with E-state index in [-0.39, 0.29) is 10.8 Å². The summed E-state index contributed by atoms with van der Waals surface area (Å²) in [6.07, 6.45) is 0. The highest BCUT2D eigenvalue weighted by Crippen LogP contribution is 2.29. The molecule has 0 aromatic heterocycles. The van der Waals surface area contributed by atoms with Gasteiger partial charge in [-0.15, -0.1) is 0 Å². The predicted octanol–water partition coefficient (Wildman–Crippen LogP) is 3.44. The van der Waals surface area contributed by atoms with Gasteiger partial charge in [0, 0.05) is 11.3 Å². The second-order valence-corrected chi connectivity index (χ2v) is 8.19. The highest BCUT2D eigenvalue weighted by atomic mass is 32.2. The zero-order valence-corrected chi connectivity index (χ0v) is 18.3. The molecule has 0 bridgehead atoms. The standard InChI is InChI=1S/C23H24N2O6S/c1-2-29-22-16-17(23(26)25-18-9-11-20(12-10-18)32(24,27)28)8-13-21(22)31-15-14-30-19-6-4-3-5-7-19/h3-13,16H,2,14-15H2,1H3,(H,25,26)(H2,24,27,28). The molecule has 8 nitrogen and oxygen atoms in total. The molecule has 3 N–H and O–H groups in total. The van der Waals surface area contributed by atoms with Gasteiger partial charge in [0.25, 0.3) is 5.91 Å². The first-order chi connectivity index (χ1) is 15.4. The molecular weight excluding hydrogens is 432 g/mol. The van der Waals surface area contributed by atoms with Crippen LogP contribution in [0.15, 0.2) is 77.7 Å². The van der Waals surface area contributed by atoms with Gasteiger partial charge in [-0.05, 0) is 61.5 Å². The Morgan fingerprint density at radius 3 is 2.22 bits per heavy atom. The fourth-order valence-electron chi connectivity index (χ4n) is 2.80. The van der Waals surface area contributed by atoms with Crippen molar-refractivity contribution < 1.29 is 27.4 Å². The molecule has 9 heteroatoms. The van der Waals surface area contributed by atoms with E-state index in [0.717, 1.165) is 5.75 Å². The van der Waals surface area contributed by atoms with Gasteiger partial charge in [0.2, 0.25) is 10.0 Å². The summed E-state index contributed by atoms with van der Waals surface area (Å²) in [6, 6.07) is 19.9. The molecule has 0 heterocycles. The minimum atomic E-state index is -3.79. The fourth-order valence-corrected chi connectivity index (χ4v) is 3.31. The van der Waals surface area contributed by atoms with Crippen LogP contribution in [0.1, 0.15) is 17.3 Å². The predicted molar refractivity (Wildman–Crippen MR) is 121 cm³/mol. The van der Waals surface area contributed by atoms with Gasteiger partial charge < -0.3 is 19.5 Å². The molecule has 0 fully saturated rings. The van der Waals surface area contributed by atoms with Gasteiger partial charge in [0.05, 0.1) is 11.5 Å². The van der Waals surface area contributed by atoms with Crippen molar-refractivity contribution in [3.8, 4) is 17.2 Å². The molecule has 0 radical (unpaired) electrons. The number of nitrogens with two attached hydrogens (primary N) is 1. The summed E-state index contributed by atoms with van der Waals surface area (Å²) in [5, 5.41) is 7.79. The normalized spacial score (nSPS) is 10.9. The van der Waals surface area contributed by atoms with Crippen LogP contribution in [-0.2, 0) is 10.0 Å². The number of amides is 1. The molecule has 0 spiro atoms. The molecule has 32 heavy (non-hydrogen) atoms. The molecular formula is C23H24N2O6S. The number of carbonyl (C=O) groups is 1. The largest absolute Gasteiger partial charge is 0.490 e. The lowest BCUT2D eigenvalue weighted by Gasteiger charge is -2.14. The third-order valence-electron chi connectivity index (χ3n) is 4.30. The van der Waals surface area contributed by atoms with Crippen LogP contribution in [0.3, 0.4) is 0 Å². The Hall–Kier alpha value is -3.56. The zero-order chi connectivity index (χ0) is 23.0. The van der Waals surface area contributed by atoms with Gasteiger partial charge in [-0.3, -0.25) is 4.79 Å². The topological polar surface area (TPSA) is 117 Å². The minimum Gasteiger partial charge on any atom is -0.490 e. The lowest BCUT2D eigenvalue weighted by Crippen LogP contribution is -2.14. The summed E-state index contributed by atoms with van der Waals surface area (Å²) in [6.45, 7) is 2.89. The Bertz CT molecular complexity index is 1150. The van der Waals surface area contributed by atoms with E-state index >= 15 is 0 Å². The van der Waals surface area contributed by atoms with Gasteiger partial charge in [0.15, 0.2) is 11.5 Å². The molecule has 0 saturated heterocycles. The smallest absolute Gasteiger partial charge is 0.255 e. The maximum absolute atomic E-state index is 12.6. The van der Waals surface area contributed by atoms with Gasteiger partial charge in [-0.1, -0.05) is 18.2 Å². The highest BCUT2D eigenvalue weighted by Gasteiger charge is 2.13. The van der Waals surface area contributed by atoms with Crippen LogP contribution in [-0.4, -0.2) is 34.1 Å². The highest BCUT2D eigenvalue weighted by molar-refractivity contribution is 7.89. The SMILES string of the molecule is CCOc1cc(C(=O)Nc2ccc(S(N)(=O)=O)cc2)ccc1OCCOc1ccccc1. The number of carbonyl (C=O) groups excluding carboxylic acids is 1. The fraction of sp³-hybridized carbons (Fsp3) is 0.174. The Morgan fingerprint density at radius 2 is 1.56 bits per heavy atom. The number of hydrogen-bond acceptors (Lipinski definition) is 6. The number of benzene rings is 3. The van der Waals surface area contributed by atoms with Gasteiger partial charge >= 0.3 is 0 Å². The molecule has 168 valence electrons. The monoisotopic (exact) mass is 456 g/mol. The summed E-state index contributed by atoms with van der Waals surface area (Å²) in [5.74, 6) is 1.31. The van der Waals surface area contributed by atoms with Gasteiger partial charge in [-0.2, -0.15) is 0 Å². The first kappa shape index (κ1) is 23.1. The summed E-state index contributed by atoms with van der Waals surface area (Å²) in [5.41, 5.74) is 0.788. The van der Waals surface area contributed by atoms with Crippen LogP contribution >= 0.6 is 0 Å². The minimum absolute atomic E-state index is 0.0353. The number of nitrogens with one attached hydrogen (secondary N) is 1. The molecule has 3 aromatic carbocycles. The average molecular weight is 457 g/mol. The first-order valence-electron chi connectivity index (χ1n) is 9.88. The molecule has 0 aliphatic rings. The molecule has 3 rings (SSSR count). The van der Waals surface area contributed by atoms with Crippen molar-refractivity contribution in [2.45, 2.75) is 11.8 Å². The number of anilines is 1. The lowest BCUT2D eigenvalue weighted by atomic mass is 10.2. The van der Waals surface area contributed by atoms with E-state index < -0.39 is 10.0 Å². The summed E-state index contributed by atoms with van der Waals surface area (Å²) < 4.78 is 39.7. The van der Waals surface area contributed by atoms with Crippen molar-refractivity contribution in [3.63, 3.8) is 0 Å². The van der Waals surface area contributed by atoms with E-state index in [1.54, 1.807) is 18.2 Å². The Morgan fingerprint density at radius 1 is 0.875 bits per heavy atom. The van der Waals surface area contributed by atoms with E-state index in [4.69, 9.17) is 19.3 Å². The zero-order valence-electron chi connectivity index (χ0n) is 17.5.